The van der Waals surface area contributed by atoms with Gasteiger partial charge in [-0.2, -0.15) is 4.98 Å². The van der Waals surface area contributed by atoms with Crippen LogP contribution in [0.1, 0.15) is 17.0 Å². The van der Waals surface area contributed by atoms with E-state index < -0.39 is 0 Å². The molecule has 1 N–H and O–H groups in total. The van der Waals surface area contributed by atoms with Crippen molar-refractivity contribution in [3.8, 4) is 0 Å². The molecule has 94 valence electrons. The fourth-order valence-electron chi connectivity index (χ4n) is 1.55. The van der Waals surface area contributed by atoms with Gasteiger partial charge in [-0.3, -0.25) is 10.1 Å². The fourth-order valence-corrected chi connectivity index (χ4v) is 1.55. The quantitative estimate of drug-likeness (QED) is 0.637. The van der Waals surface area contributed by atoms with E-state index in [1.807, 2.05) is 6.07 Å². The van der Waals surface area contributed by atoms with Crippen molar-refractivity contribution in [2.75, 3.05) is 0 Å². The molecule has 0 radical (unpaired) electrons. The third-order valence-corrected chi connectivity index (χ3v) is 2.49. The number of rotatable bonds is 5. The molecule has 0 unspecified atom stereocenters. The third kappa shape index (κ3) is 2.89. The summed E-state index contributed by atoms with van der Waals surface area (Å²) in [4.78, 5) is 14.3. The van der Waals surface area contributed by atoms with Crippen LogP contribution in [0.3, 0.4) is 0 Å². The molecule has 0 spiro atoms. The van der Waals surface area contributed by atoms with Crippen LogP contribution in [-0.4, -0.2) is 15.1 Å². The first-order chi connectivity index (χ1) is 8.66. The summed E-state index contributed by atoms with van der Waals surface area (Å²) in [6, 6.07) is 5.16. The summed E-state index contributed by atoms with van der Waals surface area (Å²) < 4.78 is 4.59. The first-order valence-corrected chi connectivity index (χ1v) is 5.36. The second kappa shape index (κ2) is 5.37. The van der Waals surface area contributed by atoms with E-state index in [-0.39, 0.29) is 10.6 Å². The first kappa shape index (κ1) is 12.2. The summed E-state index contributed by atoms with van der Waals surface area (Å²) in [5.41, 5.74) is 1.63. The molecule has 0 atom stereocenters. The van der Waals surface area contributed by atoms with Gasteiger partial charge in [-0.05, 0) is 12.5 Å². The molecular formula is C11H12N4O3. The van der Waals surface area contributed by atoms with Crippen molar-refractivity contribution in [3.63, 3.8) is 0 Å². The lowest BCUT2D eigenvalue weighted by atomic mass is 10.1. The van der Waals surface area contributed by atoms with Crippen molar-refractivity contribution in [2.45, 2.75) is 20.0 Å². The number of nitro benzene ring substituents is 1. The van der Waals surface area contributed by atoms with E-state index in [4.69, 9.17) is 0 Å². The van der Waals surface area contributed by atoms with Gasteiger partial charge in [0.05, 0.1) is 11.5 Å². The summed E-state index contributed by atoms with van der Waals surface area (Å²) >= 11 is 0. The summed E-state index contributed by atoms with van der Waals surface area (Å²) in [6.45, 7) is 2.68. The molecule has 0 fully saturated rings. The van der Waals surface area contributed by atoms with Crippen molar-refractivity contribution >= 4 is 5.69 Å². The maximum Gasteiger partial charge on any atom is 0.272 e. The van der Waals surface area contributed by atoms with Crippen LogP contribution in [0.25, 0.3) is 0 Å². The number of hydrogen-bond acceptors (Lipinski definition) is 6. The van der Waals surface area contributed by atoms with Gasteiger partial charge < -0.3 is 9.84 Å². The molecule has 7 nitrogen and oxygen atoms in total. The Balaban J connectivity index is 1.97. The molecule has 0 aliphatic carbocycles. The molecule has 1 aromatic carbocycles. The minimum atomic E-state index is -0.377. The molecule has 0 saturated carbocycles. The Kier molecular flexibility index (Phi) is 3.63. The number of nitro groups is 1. The molecule has 0 amide bonds. The van der Waals surface area contributed by atoms with Gasteiger partial charge in [-0.25, -0.2) is 0 Å². The van der Waals surface area contributed by atoms with Crippen LogP contribution in [0.2, 0.25) is 0 Å². The summed E-state index contributed by atoms with van der Waals surface area (Å²) in [5, 5.41) is 17.5. The Morgan fingerprint density at radius 1 is 1.44 bits per heavy atom. The number of benzene rings is 1. The van der Waals surface area contributed by atoms with Gasteiger partial charge in [0, 0.05) is 18.2 Å². The standard InChI is InChI=1S/C11H12N4O3/c1-8-2-3-9(4-10(8)15(16)17)5-12-6-11-13-7-18-14-11/h2-4,7,12H,5-6H2,1H3. The van der Waals surface area contributed by atoms with Crippen LogP contribution in [-0.2, 0) is 13.1 Å². The minimum Gasteiger partial charge on any atom is -0.343 e. The minimum absolute atomic E-state index is 0.133. The van der Waals surface area contributed by atoms with E-state index in [0.717, 1.165) is 5.56 Å². The van der Waals surface area contributed by atoms with Gasteiger partial charge in [0.25, 0.3) is 5.69 Å². The number of aromatic nitrogens is 2. The second-order valence-electron chi connectivity index (χ2n) is 3.83. The van der Waals surface area contributed by atoms with Crippen molar-refractivity contribution < 1.29 is 9.45 Å². The molecular weight excluding hydrogens is 236 g/mol. The molecule has 18 heavy (non-hydrogen) atoms. The number of nitrogens with one attached hydrogen (secondary N) is 1. The van der Waals surface area contributed by atoms with E-state index in [0.29, 0.717) is 24.5 Å². The van der Waals surface area contributed by atoms with Gasteiger partial charge >= 0.3 is 0 Å². The van der Waals surface area contributed by atoms with E-state index in [9.17, 15) is 10.1 Å². The highest BCUT2D eigenvalue weighted by Gasteiger charge is 2.10. The van der Waals surface area contributed by atoms with Crippen LogP contribution >= 0.6 is 0 Å². The van der Waals surface area contributed by atoms with E-state index in [2.05, 4.69) is 20.0 Å². The highest BCUT2D eigenvalue weighted by atomic mass is 16.6. The van der Waals surface area contributed by atoms with Crippen LogP contribution in [0.4, 0.5) is 5.69 Å². The smallest absolute Gasteiger partial charge is 0.272 e. The number of hydrogen-bond donors (Lipinski definition) is 1. The predicted octanol–water partition coefficient (Wildman–Crippen LogP) is 1.58. The van der Waals surface area contributed by atoms with E-state index in [1.165, 1.54) is 6.39 Å². The molecule has 0 aliphatic rings. The predicted molar refractivity (Wildman–Crippen MR) is 62.7 cm³/mol. The maximum atomic E-state index is 10.8. The zero-order chi connectivity index (χ0) is 13.0. The van der Waals surface area contributed by atoms with Gasteiger partial charge in [0.15, 0.2) is 5.82 Å². The molecule has 2 rings (SSSR count). The molecule has 0 aliphatic heterocycles. The topological polar surface area (TPSA) is 94.1 Å². The van der Waals surface area contributed by atoms with Crippen molar-refractivity contribution in [2.24, 2.45) is 0 Å². The Bertz CT molecular complexity index is 539. The highest BCUT2D eigenvalue weighted by molar-refractivity contribution is 5.42. The summed E-state index contributed by atoms with van der Waals surface area (Å²) in [7, 11) is 0. The van der Waals surface area contributed by atoms with Crippen LogP contribution in [0, 0.1) is 17.0 Å². The molecule has 2 aromatic rings. The lowest BCUT2D eigenvalue weighted by Gasteiger charge is -2.03. The highest BCUT2D eigenvalue weighted by Crippen LogP contribution is 2.19. The Morgan fingerprint density at radius 2 is 2.28 bits per heavy atom. The normalized spacial score (nSPS) is 10.5. The molecule has 1 heterocycles. The van der Waals surface area contributed by atoms with Gasteiger partial charge in [-0.1, -0.05) is 17.3 Å². The largest absolute Gasteiger partial charge is 0.343 e. The summed E-state index contributed by atoms with van der Waals surface area (Å²) in [6.07, 6.45) is 1.26. The van der Waals surface area contributed by atoms with Crippen molar-refractivity contribution in [1.29, 1.82) is 0 Å². The Labute approximate surface area is 103 Å². The molecule has 0 saturated heterocycles. The monoisotopic (exact) mass is 248 g/mol. The lowest BCUT2D eigenvalue weighted by molar-refractivity contribution is -0.385. The number of aryl methyl sites for hydroxylation is 1. The molecule has 0 bridgehead atoms. The molecule has 1 aromatic heterocycles. The first-order valence-electron chi connectivity index (χ1n) is 5.36. The maximum absolute atomic E-state index is 10.8. The second-order valence-corrected chi connectivity index (χ2v) is 3.83. The van der Waals surface area contributed by atoms with Crippen molar-refractivity contribution in [1.82, 2.24) is 15.5 Å². The Hall–Kier alpha value is -2.28. The van der Waals surface area contributed by atoms with E-state index >= 15 is 0 Å². The summed E-state index contributed by atoms with van der Waals surface area (Å²) in [5.74, 6) is 0.552. The van der Waals surface area contributed by atoms with Gasteiger partial charge in [0.2, 0.25) is 6.39 Å². The van der Waals surface area contributed by atoms with Crippen LogP contribution in [0.15, 0.2) is 29.1 Å². The third-order valence-electron chi connectivity index (χ3n) is 2.49. The van der Waals surface area contributed by atoms with Gasteiger partial charge in [0.1, 0.15) is 0 Å². The van der Waals surface area contributed by atoms with Gasteiger partial charge in [-0.15, -0.1) is 0 Å². The average Bonchev–Trinajstić information content (AvgIpc) is 2.84. The van der Waals surface area contributed by atoms with Crippen molar-refractivity contribution in [3.05, 3.63) is 51.7 Å². The lowest BCUT2D eigenvalue weighted by Crippen LogP contribution is -2.13. The number of nitrogens with zero attached hydrogens (tertiary/aromatic N) is 3. The zero-order valence-electron chi connectivity index (χ0n) is 9.79. The molecule has 7 heteroatoms. The van der Waals surface area contributed by atoms with E-state index in [1.54, 1.807) is 19.1 Å². The zero-order valence-corrected chi connectivity index (χ0v) is 9.79. The average molecular weight is 248 g/mol. The Morgan fingerprint density at radius 3 is 2.94 bits per heavy atom. The van der Waals surface area contributed by atoms with Crippen LogP contribution in [0.5, 0.6) is 0 Å². The fraction of sp³-hybridized carbons (Fsp3) is 0.273. The van der Waals surface area contributed by atoms with Crippen LogP contribution < -0.4 is 5.32 Å². The SMILES string of the molecule is Cc1ccc(CNCc2ncon2)cc1[N+](=O)[O-].